The summed E-state index contributed by atoms with van der Waals surface area (Å²) in [5, 5.41) is 9.02. The number of hydrogen-bond donors (Lipinski definition) is 2. The summed E-state index contributed by atoms with van der Waals surface area (Å²) < 4.78 is 5.45. The molecule has 1 amide bonds. The van der Waals surface area contributed by atoms with Crippen LogP contribution in [0.15, 0.2) is 0 Å². The highest BCUT2D eigenvalue weighted by Gasteiger charge is 2.29. The van der Waals surface area contributed by atoms with E-state index in [1.165, 1.54) is 0 Å². The van der Waals surface area contributed by atoms with E-state index in [-0.39, 0.29) is 30.6 Å². The van der Waals surface area contributed by atoms with Crippen molar-refractivity contribution in [2.75, 3.05) is 26.2 Å². The molecule has 5 heteroatoms. The number of ether oxygens (including phenoxy) is 1. The quantitative estimate of drug-likeness (QED) is 0.647. The SMILES string of the molecule is CC1CN(C(=O)C(C)CN)CC(CO)O1. The lowest BCUT2D eigenvalue weighted by Crippen LogP contribution is -2.52. The fourth-order valence-electron chi connectivity index (χ4n) is 1.74. The zero-order valence-corrected chi connectivity index (χ0v) is 9.35. The number of carbonyl (C=O) groups is 1. The van der Waals surface area contributed by atoms with Crippen molar-refractivity contribution in [2.45, 2.75) is 26.1 Å². The minimum atomic E-state index is -0.261. The van der Waals surface area contributed by atoms with Crippen LogP contribution in [-0.4, -0.2) is 54.4 Å². The molecule has 0 aromatic carbocycles. The average Bonchev–Trinajstić information content (AvgIpc) is 2.26. The standard InChI is InChI=1S/C10H20N2O3/c1-7(3-11)10(14)12-4-8(2)15-9(5-12)6-13/h7-9,13H,3-6,11H2,1-2H3. The Hall–Kier alpha value is -0.650. The Balaban J connectivity index is 2.57. The Labute approximate surface area is 90.2 Å². The fraction of sp³-hybridized carbons (Fsp3) is 0.900. The molecule has 0 radical (unpaired) electrons. The van der Waals surface area contributed by atoms with Gasteiger partial charge in [-0.05, 0) is 6.92 Å². The molecule has 0 aromatic rings. The van der Waals surface area contributed by atoms with Crippen LogP contribution in [0, 0.1) is 5.92 Å². The molecule has 3 atom stereocenters. The predicted octanol–water partition coefficient (Wildman–Crippen LogP) is -0.811. The fourth-order valence-corrected chi connectivity index (χ4v) is 1.74. The van der Waals surface area contributed by atoms with Gasteiger partial charge in [-0.1, -0.05) is 6.92 Å². The predicted molar refractivity (Wildman–Crippen MR) is 56.2 cm³/mol. The number of nitrogens with two attached hydrogens (primary N) is 1. The van der Waals surface area contributed by atoms with Crippen LogP contribution in [0.5, 0.6) is 0 Å². The lowest BCUT2D eigenvalue weighted by atomic mass is 10.1. The van der Waals surface area contributed by atoms with Crippen molar-refractivity contribution in [2.24, 2.45) is 11.7 Å². The number of amides is 1. The van der Waals surface area contributed by atoms with Gasteiger partial charge >= 0.3 is 0 Å². The summed E-state index contributed by atoms with van der Waals surface area (Å²) in [6, 6.07) is 0. The Morgan fingerprint density at radius 3 is 2.87 bits per heavy atom. The molecule has 3 N–H and O–H groups in total. The lowest BCUT2D eigenvalue weighted by molar-refractivity contribution is -0.150. The molecular weight excluding hydrogens is 196 g/mol. The Morgan fingerprint density at radius 2 is 2.33 bits per heavy atom. The number of nitrogens with zero attached hydrogens (tertiary/aromatic N) is 1. The molecule has 0 aliphatic carbocycles. The van der Waals surface area contributed by atoms with Gasteiger partial charge in [0.1, 0.15) is 0 Å². The summed E-state index contributed by atoms with van der Waals surface area (Å²) in [6.45, 7) is 5.06. The maximum absolute atomic E-state index is 11.8. The third kappa shape index (κ3) is 3.15. The van der Waals surface area contributed by atoms with Crippen molar-refractivity contribution in [3.8, 4) is 0 Å². The lowest BCUT2D eigenvalue weighted by Gasteiger charge is -2.37. The van der Waals surface area contributed by atoms with E-state index >= 15 is 0 Å². The molecule has 1 fully saturated rings. The third-order valence-electron chi connectivity index (χ3n) is 2.62. The highest BCUT2D eigenvalue weighted by molar-refractivity contribution is 5.78. The number of aliphatic hydroxyl groups excluding tert-OH is 1. The molecule has 5 nitrogen and oxygen atoms in total. The minimum absolute atomic E-state index is 0.0233. The molecule has 0 saturated carbocycles. The molecule has 0 bridgehead atoms. The summed E-state index contributed by atoms with van der Waals surface area (Å²) in [5.41, 5.74) is 5.45. The number of aliphatic hydroxyl groups is 1. The minimum Gasteiger partial charge on any atom is -0.394 e. The molecular formula is C10H20N2O3. The molecule has 1 aliphatic heterocycles. The van der Waals surface area contributed by atoms with Crippen molar-refractivity contribution in [3.05, 3.63) is 0 Å². The second kappa shape index (κ2) is 5.44. The van der Waals surface area contributed by atoms with Gasteiger partial charge in [0, 0.05) is 25.6 Å². The highest BCUT2D eigenvalue weighted by atomic mass is 16.5. The first-order chi connectivity index (χ1) is 7.08. The maximum atomic E-state index is 11.8. The van der Waals surface area contributed by atoms with Crippen molar-refractivity contribution < 1.29 is 14.6 Å². The summed E-state index contributed by atoms with van der Waals surface area (Å²) in [6.07, 6.45) is -0.285. The summed E-state index contributed by atoms with van der Waals surface area (Å²) in [5.74, 6) is -0.110. The van der Waals surface area contributed by atoms with Crippen LogP contribution < -0.4 is 5.73 Å². The zero-order valence-electron chi connectivity index (χ0n) is 9.35. The van der Waals surface area contributed by atoms with Crippen LogP contribution in [0.4, 0.5) is 0 Å². The summed E-state index contributed by atoms with van der Waals surface area (Å²) in [4.78, 5) is 13.6. The van der Waals surface area contributed by atoms with E-state index in [1.807, 2.05) is 13.8 Å². The van der Waals surface area contributed by atoms with E-state index in [2.05, 4.69) is 0 Å². The first-order valence-electron chi connectivity index (χ1n) is 5.33. The van der Waals surface area contributed by atoms with Gasteiger partial charge < -0.3 is 20.5 Å². The van der Waals surface area contributed by atoms with Gasteiger partial charge in [-0.15, -0.1) is 0 Å². The van der Waals surface area contributed by atoms with Crippen LogP contribution in [0.3, 0.4) is 0 Å². The second-order valence-electron chi connectivity index (χ2n) is 4.13. The number of hydrogen-bond acceptors (Lipinski definition) is 4. The Kier molecular flexibility index (Phi) is 4.50. The molecule has 1 saturated heterocycles. The van der Waals surface area contributed by atoms with Crippen LogP contribution in [0.2, 0.25) is 0 Å². The van der Waals surface area contributed by atoms with Gasteiger partial charge in [0.05, 0.1) is 18.8 Å². The van der Waals surface area contributed by atoms with Crippen LogP contribution in [-0.2, 0) is 9.53 Å². The molecule has 1 rings (SSSR count). The molecule has 1 aliphatic rings. The van der Waals surface area contributed by atoms with E-state index in [9.17, 15) is 4.79 Å². The first kappa shape index (κ1) is 12.4. The van der Waals surface area contributed by atoms with Crippen molar-refractivity contribution >= 4 is 5.91 Å². The number of morpholine rings is 1. The van der Waals surface area contributed by atoms with Gasteiger partial charge in [-0.2, -0.15) is 0 Å². The monoisotopic (exact) mass is 216 g/mol. The topological polar surface area (TPSA) is 75.8 Å². The van der Waals surface area contributed by atoms with E-state index in [1.54, 1.807) is 4.90 Å². The number of carbonyl (C=O) groups excluding carboxylic acids is 1. The second-order valence-corrected chi connectivity index (χ2v) is 4.13. The van der Waals surface area contributed by atoms with E-state index in [4.69, 9.17) is 15.6 Å². The molecule has 15 heavy (non-hydrogen) atoms. The van der Waals surface area contributed by atoms with Crippen LogP contribution >= 0.6 is 0 Å². The molecule has 0 aromatic heterocycles. The van der Waals surface area contributed by atoms with E-state index in [0.29, 0.717) is 19.6 Å². The summed E-state index contributed by atoms with van der Waals surface area (Å²) in [7, 11) is 0. The Morgan fingerprint density at radius 1 is 1.67 bits per heavy atom. The zero-order chi connectivity index (χ0) is 11.4. The van der Waals surface area contributed by atoms with Gasteiger partial charge in [0.15, 0.2) is 0 Å². The molecule has 3 unspecified atom stereocenters. The largest absolute Gasteiger partial charge is 0.394 e. The van der Waals surface area contributed by atoms with Crippen molar-refractivity contribution in [1.82, 2.24) is 4.90 Å². The average molecular weight is 216 g/mol. The Bertz CT molecular complexity index is 223. The van der Waals surface area contributed by atoms with Crippen LogP contribution in [0.1, 0.15) is 13.8 Å². The highest BCUT2D eigenvalue weighted by Crippen LogP contribution is 2.13. The van der Waals surface area contributed by atoms with Crippen molar-refractivity contribution in [3.63, 3.8) is 0 Å². The maximum Gasteiger partial charge on any atom is 0.226 e. The molecule has 88 valence electrons. The smallest absolute Gasteiger partial charge is 0.226 e. The van der Waals surface area contributed by atoms with Gasteiger partial charge in [0.25, 0.3) is 0 Å². The van der Waals surface area contributed by atoms with Crippen molar-refractivity contribution in [1.29, 1.82) is 0 Å². The van der Waals surface area contributed by atoms with Gasteiger partial charge in [-0.25, -0.2) is 0 Å². The summed E-state index contributed by atoms with van der Waals surface area (Å²) >= 11 is 0. The third-order valence-corrected chi connectivity index (χ3v) is 2.62. The van der Waals surface area contributed by atoms with Gasteiger partial charge in [0.2, 0.25) is 5.91 Å². The van der Waals surface area contributed by atoms with E-state index < -0.39 is 0 Å². The first-order valence-corrected chi connectivity index (χ1v) is 5.33. The van der Waals surface area contributed by atoms with Crippen LogP contribution in [0.25, 0.3) is 0 Å². The number of rotatable bonds is 3. The van der Waals surface area contributed by atoms with E-state index in [0.717, 1.165) is 0 Å². The molecule has 0 spiro atoms. The molecule has 1 heterocycles. The van der Waals surface area contributed by atoms with Gasteiger partial charge in [-0.3, -0.25) is 4.79 Å². The normalized spacial score (nSPS) is 28.9.